The summed E-state index contributed by atoms with van der Waals surface area (Å²) in [7, 11) is 9.53. The van der Waals surface area contributed by atoms with E-state index in [2.05, 4.69) is 79.1 Å². The van der Waals surface area contributed by atoms with Crippen LogP contribution in [0.1, 0.15) is 29.2 Å². The van der Waals surface area contributed by atoms with Crippen LogP contribution in [-0.2, 0) is 13.1 Å². The summed E-state index contributed by atoms with van der Waals surface area (Å²) in [6, 6.07) is 12.4. The number of para-hydroxylation sites is 2. The molecule has 0 saturated heterocycles. The Kier molecular flexibility index (Phi) is 11.2. The molecule has 0 aliphatic carbocycles. The molecule has 2 rings (SSSR count). The Morgan fingerprint density at radius 3 is 1.81 bits per heavy atom. The Morgan fingerprint density at radius 2 is 1.33 bits per heavy atom. The average molecular weight is 446 g/mol. The van der Waals surface area contributed by atoms with Gasteiger partial charge < -0.3 is 0 Å². The molecule has 0 atom stereocenters. The molecule has 0 saturated carbocycles. The molecule has 27 heavy (non-hydrogen) atoms. The number of hydrogen-bond donors (Lipinski definition) is 0. The van der Waals surface area contributed by atoms with Gasteiger partial charge in [-0.15, -0.1) is 0 Å². The molecule has 2 aromatic carbocycles. The monoisotopic (exact) mass is 445 g/mol. The van der Waals surface area contributed by atoms with Crippen LogP contribution in [0.5, 0.6) is 0 Å². The Morgan fingerprint density at radius 1 is 0.889 bits per heavy atom. The van der Waals surface area contributed by atoms with E-state index < -0.39 is 0 Å². The maximum absolute atomic E-state index is 4.76. The van der Waals surface area contributed by atoms with Crippen molar-refractivity contribution in [2.24, 2.45) is 15.0 Å². The van der Waals surface area contributed by atoms with Crippen LogP contribution in [0.2, 0.25) is 0 Å². The van der Waals surface area contributed by atoms with Crippen LogP contribution in [0.3, 0.4) is 0 Å². The second kappa shape index (κ2) is 12.9. The molecule has 6 heteroatoms. The molecular formula is C21H25Cl2FeN3. The summed E-state index contributed by atoms with van der Waals surface area (Å²) in [6.45, 7) is 10.8. The molecule has 146 valence electrons. The molecule has 2 aromatic rings. The van der Waals surface area contributed by atoms with Crippen LogP contribution in [0.25, 0.3) is 0 Å². The van der Waals surface area contributed by atoms with Crippen LogP contribution in [0.15, 0.2) is 51.4 Å². The van der Waals surface area contributed by atoms with Crippen molar-refractivity contribution >= 4 is 49.7 Å². The summed E-state index contributed by atoms with van der Waals surface area (Å²) in [5, 5.41) is 0. The zero-order chi connectivity index (χ0) is 20.2. The molecular weight excluding hydrogens is 421 g/mol. The van der Waals surface area contributed by atoms with Gasteiger partial charge in [-0.2, -0.15) is 0 Å². The standard InChI is InChI=1S/C21H25N3.2ClH.Fe/c1-15-8-6-9-16(2)20(15)23-13-12-22-14-19(5)24-21-17(3)10-7-11-18(21)4;;;/h6-11,13-14H,12H2,1-5H3;2*1H;/q;;;+2/p-2. The number of aryl methyl sites for hydroxylation is 4. The number of benzene rings is 2. The molecule has 0 N–H and O–H groups in total. The van der Waals surface area contributed by atoms with E-state index in [0.717, 1.165) is 17.1 Å². The average Bonchev–Trinajstić information content (AvgIpc) is 2.61. The van der Waals surface area contributed by atoms with Crippen molar-refractivity contribution in [2.75, 3.05) is 6.54 Å². The van der Waals surface area contributed by atoms with Gasteiger partial charge in [0.15, 0.2) is 0 Å². The summed E-state index contributed by atoms with van der Waals surface area (Å²) < 4.78 is 0. The van der Waals surface area contributed by atoms with E-state index >= 15 is 0 Å². The zero-order valence-electron chi connectivity index (χ0n) is 16.3. The predicted molar refractivity (Wildman–Crippen MR) is 118 cm³/mol. The van der Waals surface area contributed by atoms with Crippen LogP contribution < -0.4 is 0 Å². The molecule has 0 aromatic heterocycles. The number of rotatable bonds is 5. The SMILES string of the molecule is CC(C=NCC=Nc1c(C)cccc1C)=Nc1c(C)cccc1C.[Cl][Fe][Cl]. The first-order chi connectivity index (χ1) is 12.9. The molecule has 0 heterocycles. The van der Waals surface area contributed by atoms with Gasteiger partial charge in [0.05, 0.1) is 23.6 Å². The Hall–Kier alpha value is -1.45. The van der Waals surface area contributed by atoms with Gasteiger partial charge in [-0.1, -0.05) is 36.4 Å². The van der Waals surface area contributed by atoms with Crippen molar-refractivity contribution in [3.05, 3.63) is 58.7 Å². The van der Waals surface area contributed by atoms with E-state index in [1.165, 1.54) is 22.3 Å². The van der Waals surface area contributed by atoms with Gasteiger partial charge in [-0.3, -0.25) is 15.0 Å². The van der Waals surface area contributed by atoms with Crippen molar-refractivity contribution in [1.82, 2.24) is 0 Å². The van der Waals surface area contributed by atoms with Crippen molar-refractivity contribution < 1.29 is 13.1 Å². The molecule has 0 spiro atoms. The Bertz CT molecular complexity index is 790. The first-order valence-corrected chi connectivity index (χ1v) is 11.5. The van der Waals surface area contributed by atoms with E-state index in [4.69, 9.17) is 20.2 Å². The summed E-state index contributed by atoms with van der Waals surface area (Å²) in [6.07, 6.45) is 3.65. The predicted octanol–water partition coefficient (Wildman–Crippen LogP) is 6.86. The van der Waals surface area contributed by atoms with Crippen molar-refractivity contribution in [3.8, 4) is 0 Å². The van der Waals surface area contributed by atoms with Gasteiger partial charge in [-0.25, -0.2) is 0 Å². The third kappa shape index (κ3) is 8.40. The minimum atomic E-state index is 0.194. The van der Waals surface area contributed by atoms with Crippen LogP contribution in [0.4, 0.5) is 11.4 Å². The molecule has 0 radical (unpaired) electrons. The molecule has 3 nitrogen and oxygen atoms in total. The van der Waals surface area contributed by atoms with Crippen LogP contribution >= 0.6 is 20.2 Å². The van der Waals surface area contributed by atoms with Gasteiger partial charge in [0.25, 0.3) is 0 Å². The van der Waals surface area contributed by atoms with Crippen molar-refractivity contribution in [1.29, 1.82) is 0 Å². The third-order valence-corrected chi connectivity index (χ3v) is 3.85. The topological polar surface area (TPSA) is 37.1 Å². The first kappa shape index (κ1) is 23.6. The molecule has 0 bridgehead atoms. The molecule has 0 amide bonds. The Labute approximate surface area is 177 Å². The van der Waals surface area contributed by atoms with Crippen LogP contribution in [-0.4, -0.2) is 24.7 Å². The zero-order valence-corrected chi connectivity index (χ0v) is 18.9. The maximum atomic E-state index is 4.76. The summed E-state index contributed by atoms with van der Waals surface area (Å²) >= 11 is 0.194. The van der Waals surface area contributed by atoms with E-state index in [1.807, 2.05) is 19.4 Å². The molecule has 0 aliphatic heterocycles. The van der Waals surface area contributed by atoms with Crippen molar-refractivity contribution in [3.63, 3.8) is 0 Å². The quantitative estimate of drug-likeness (QED) is 0.356. The number of aliphatic imine (C=N–C) groups is 3. The van der Waals surface area contributed by atoms with Gasteiger partial charge in [-0.05, 0) is 56.9 Å². The van der Waals surface area contributed by atoms with Crippen LogP contribution in [0, 0.1) is 27.7 Å². The van der Waals surface area contributed by atoms with Gasteiger partial charge in [0.1, 0.15) is 0 Å². The fourth-order valence-electron chi connectivity index (χ4n) is 2.56. The normalized spacial score (nSPS) is 11.9. The number of halogens is 2. The van der Waals surface area contributed by atoms with E-state index in [-0.39, 0.29) is 13.1 Å². The van der Waals surface area contributed by atoms with E-state index in [1.54, 1.807) is 0 Å². The molecule has 0 fully saturated rings. The summed E-state index contributed by atoms with van der Waals surface area (Å²) in [4.78, 5) is 13.6. The fourth-order valence-corrected chi connectivity index (χ4v) is 2.56. The molecule has 0 unspecified atom stereocenters. The molecule has 0 aliphatic rings. The van der Waals surface area contributed by atoms with Gasteiger partial charge >= 0.3 is 33.3 Å². The third-order valence-electron chi connectivity index (χ3n) is 3.85. The second-order valence-corrected chi connectivity index (χ2v) is 7.91. The fraction of sp³-hybridized carbons (Fsp3) is 0.286. The van der Waals surface area contributed by atoms with E-state index in [0.29, 0.717) is 6.54 Å². The first-order valence-electron chi connectivity index (χ1n) is 8.46. The number of hydrogen-bond acceptors (Lipinski definition) is 3. The minimum absolute atomic E-state index is 0.194. The second-order valence-electron chi connectivity index (χ2n) is 6.09. The number of nitrogens with zero attached hydrogens (tertiary/aromatic N) is 3. The van der Waals surface area contributed by atoms with Crippen molar-refractivity contribution in [2.45, 2.75) is 34.6 Å². The summed E-state index contributed by atoms with van der Waals surface area (Å²) in [5.74, 6) is 0. The Balaban J connectivity index is 0.00000114. The van der Waals surface area contributed by atoms with Gasteiger partial charge in [0.2, 0.25) is 0 Å². The van der Waals surface area contributed by atoms with E-state index in [9.17, 15) is 0 Å². The summed E-state index contributed by atoms with van der Waals surface area (Å²) in [5.41, 5.74) is 7.69. The van der Waals surface area contributed by atoms with Gasteiger partial charge in [0, 0.05) is 12.4 Å².